The molecule has 9 nitrogen and oxygen atoms in total. The van der Waals surface area contributed by atoms with Crippen LogP contribution in [0.1, 0.15) is 10.4 Å². The smallest absolute Gasteiger partial charge is 0.325 e. The molecule has 0 spiro atoms. The number of hydrogen-bond acceptors (Lipinski definition) is 6. The molecular formula is C16H21N3O6. The van der Waals surface area contributed by atoms with Crippen molar-refractivity contribution in [1.82, 2.24) is 15.5 Å². The predicted octanol–water partition coefficient (Wildman–Crippen LogP) is -0.827. The summed E-state index contributed by atoms with van der Waals surface area (Å²) in [6.07, 6.45) is 0. The number of methoxy groups -OCH3 is 1. The lowest BCUT2D eigenvalue weighted by Gasteiger charge is -2.11. The molecule has 0 fully saturated rings. The summed E-state index contributed by atoms with van der Waals surface area (Å²) in [5.41, 5.74) is 0.276. The van der Waals surface area contributed by atoms with Crippen LogP contribution >= 0.6 is 0 Å². The molecule has 0 radical (unpaired) electrons. The van der Waals surface area contributed by atoms with Gasteiger partial charge in [0.05, 0.1) is 19.2 Å². The highest BCUT2D eigenvalue weighted by Gasteiger charge is 2.14. The first-order valence-electron chi connectivity index (χ1n) is 7.38. The van der Waals surface area contributed by atoms with Crippen molar-refractivity contribution in [2.24, 2.45) is 0 Å². The quantitative estimate of drug-likeness (QED) is 0.591. The van der Waals surface area contributed by atoms with Gasteiger partial charge < -0.3 is 25.0 Å². The highest BCUT2D eigenvalue weighted by Crippen LogP contribution is 2.16. The fourth-order valence-corrected chi connectivity index (χ4v) is 1.66. The van der Waals surface area contributed by atoms with E-state index in [1.165, 1.54) is 12.0 Å². The average molecular weight is 351 g/mol. The summed E-state index contributed by atoms with van der Waals surface area (Å²) in [4.78, 5) is 47.6. The van der Waals surface area contributed by atoms with Gasteiger partial charge in [-0.15, -0.1) is 0 Å². The van der Waals surface area contributed by atoms with Gasteiger partial charge >= 0.3 is 5.97 Å². The Morgan fingerprint density at radius 3 is 2.36 bits per heavy atom. The number of hydrogen-bond donors (Lipinski definition) is 2. The molecule has 0 aliphatic carbocycles. The van der Waals surface area contributed by atoms with Crippen LogP contribution in [0.2, 0.25) is 0 Å². The van der Waals surface area contributed by atoms with Crippen LogP contribution in [-0.4, -0.2) is 69.5 Å². The zero-order valence-electron chi connectivity index (χ0n) is 14.3. The van der Waals surface area contributed by atoms with E-state index >= 15 is 0 Å². The maximum absolute atomic E-state index is 12.0. The van der Waals surface area contributed by atoms with Gasteiger partial charge in [-0.3, -0.25) is 19.2 Å². The zero-order valence-corrected chi connectivity index (χ0v) is 14.3. The molecule has 0 saturated carbocycles. The Morgan fingerprint density at radius 2 is 1.72 bits per heavy atom. The maximum atomic E-state index is 12.0. The number of ether oxygens (including phenoxy) is 2. The molecule has 25 heavy (non-hydrogen) atoms. The first kappa shape index (κ1) is 19.9. The Balaban J connectivity index is 2.34. The minimum Gasteiger partial charge on any atom is -0.496 e. The summed E-state index contributed by atoms with van der Waals surface area (Å²) < 4.78 is 9.77. The van der Waals surface area contributed by atoms with Crippen LogP contribution in [0.5, 0.6) is 5.75 Å². The highest BCUT2D eigenvalue weighted by molar-refractivity contribution is 5.98. The Labute approximate surface area is 145 Å². The highest BCUT2D eigenvalue weighted by atomic mass is 16.5. The van der Waals surface area contributed by atoms with Crippen molar-refractivity contribution in [3.8, 4) is 5.75 Å². The summed E-state index contributed by atoms with van der Waals surface area (Å²) >= 11 is 0. The van der Waals surface area contributed by atoms with Crippen LogP contribution in [0.4, 0.5) is 0 Å². The summed E-state index contributed by atoms with van der Waals surface area (Å²) in [6, 6.07) is 6.54. The molecular weight excluding hydrogens is 330 g/mol. The molecule has 0 aliphatic heterocycles. The normalized spacial score (nSPS) is 9.72. The summed E-state index contributed by atoms with van der Waals surface area (Å²) in [5, 5.41) is 4.69. The second-order valence-corrected chi connectivity index (χ2v) is 5.11. The van der Waals surface area contributed by atoms with Crippen molar-refractivity contribution < 1.29 is 28.7 Å². The van der Waals surface area contributed by atoms with Crippen molar-refractivity contribution in [2.75, 3.05) is 40.9 Å². The van der Waals surface area contributed by atoms with Crippen LogP contribution in [0.3, 0.4) is 0 Å². The molecule has 2 N–H and O–H groups in total. The van der Waals surface area contributed by atoms with E-state index in [2.05, 4.69) is 10.6 Å². The van der Waals surface area contributed by atoms with Crippen molar-refractivity contribution in [3.05, 3.63) is 29.8 Å². The third kappa shape index (κ3) is 6.90. The van der Waals surface area contributed by atoms with Gasteiger partial charge in [-0.25, -0.2) is 0 Å². The molecule has 136 valence electrons. The number of carbonyl (C=O) groups is 4. The predicted molar refractivity (Wildman–Crippen MR) is 88.0 cm³/mol. The number of para-hydroxylation sites is 1. The lowest BCUT2D eigenvalue weighted by atomic mass is 10.2. The third-order valence-corrected chi connectivity index (χ3v) is 3.04. The molecule has 1 rings (SSSR count). The number of esters is 1. The van der Waals surface area contributed by atoms with Crippen LogP contribution in [-0.2, 0) is 19.1 Å². The number of amides is 3. The molecule has 0 saturated heterocycles. The fraction of sp³-hybridized carbons (Fsp3) is 0.375. The van der Waals surface area contributed by atoms with E-state index in [1.54, 1.807) is 38.4 Å². The molecule has 3 amide bonds. The van der Waals surface area contributed by atoms with Gasteiger partial charge in [0, 0.05) is 14.1 Å². The minimum atomic E-state index is -0.780. The largest absolute Gasteiger partial charge is 0.496 e. The SMILES string of the molecule is COc1ccccc1C(=O)NCC(=O)OCC(=O)NCC(=O)N(C)C. The number of rotatable bonds is 8. The monoisotopic (exact) mass is 351 g/mol. The van der Waals surface area contributed by atoms with Gasteiger partial charge in [0.1, 0.15) is 12.3 Å². The number of benzene rings is 1. The first-order chi connectivity index (χ1) is 11.8. The Morgan fingerprint density at radius 1 is 1.04 bits per heavy atom. The summed E-state index contributed by atoms with van der Waals surface area (Å²) in [6.45, 7) is -1.13. The Bertz CT molecular complexity index is 645. The number of likely N-dealkylation sites (N-methyl/N-ethyl adjacent to an activating group) is 1. The van der Waals surface area contributed by atoms with Crippen molar-refractivity contribution >= 4 is 23.7 Å². The maximum Gasteiger partial charge on any atom is 0.325 e. The van der Waals surface area contributed by atoms with Crippen LogP contribution in [0.25, 0.3) is 0 Å². The molecule has 0 bridgehead atoms. The first-order valence-corrected chi connectivity index (χ1v) is 7.38. The summed E-state index contributed by atoms with van der Waals surface area (Å²) in [7, 11) is 4.54. The van der Waals surface area contributed by atoms with E-state index < -0.39 is 30.9 Å². The second kappa shape index (κ2) is 9.91. The van der Waals surface area contributed by atoms with Crippen LogP contribution in [0, 0.1) is 0 Å². The standard InChI is InChI=1S/C16H21N3O6/c1-19(2)14(21)8-17-13(20)10-25-15(22)9-18-16(23)11-6-4-5-7-12(11)24-3/h4-7H,8-10H2,1-3H3,(H,17,20)(H,18,23). The molecule has 0 unspecified atom stereocenters. The van der Waals surface area contributed by atoms with Crippen LogP contribution < -0.4 is 15.4 Å². The van der Waals surface area contributed by atoms with Crippen LogP contribution in [0.15, 0.2) is 24.3 Å². The van der Waals surface area contributed by atoms with Gasteiger partial charge in [0.2, 0.25) is 5.91 Å². The fourth-order valence-electron chi connectivity index (χ4n) is 1.66. The molecule has 0 aromatic heterocycles. The molecule has 1 aromatic rings. The van der Waals surface area contributed by atoms with E-state index in [4.69, 9.17) is 9.47 Å². The Kier molecular flexibility index (Phi) is 7.91. The van der Waals surface area contributed by atoms with Gasteiger partial charge in [0.25, 0.3) is 11.8 Å². The Hall–Kier alpha value is -3.10. The molecule has 0 heterocycles. The number of nitrogens with zero attached hydrogens (tertiary/aromatic N) is 1. The van der Waals surface area contributed by atoms with E-state index in [1.807, 2.05) is 0 Å². The molecule has 1 aromatic carbocycles. The van der Waals surface area contributed by atoms with E-state index in [0.29, 0.717) is 5.75 Å². The van der Waals surface area contributed by atoms with Gasteiger partial charge in [-0.2, -0.15) is 0 Å². The lowest BCUT2D eigenvalue weighted by Crippen LogP contribution is -2.39. The van der Waals surface area contributed by atoms with E-state index in [-0.39, 0.29) is 18.0 Å². The number of carbonyl (C=O) groups excluding carboxylic acids is 4. The van der Waals surface area contributed by atoms with Gasteiger partial charge in [0.15, 0.2) is 6.61 Å². The average Bonchev–Trinajstić information content (AvgIpc) is 2.61. The molecule has 9 heteroatoms. The van der Waals surface area contributed by atoms with Crippen molar-refractivity contribution in [1.29, 1.82) is 0 Å². The minimum absolute atomic E-state index is 0.187. The second-order valence-electron chi connectivity index (χ2n) is 5.11. The zero-order chi connectivity index (χ0) is 18.8. The molecule has 0 atom stereocenters. The van der Waals surface area contributed by atoms with E-state index in [0.717, 1.165) is 0 Å². The van der Waals surface area contributed by atoms with Gasteiger partial charge in [-0.05, 0) is 12.1 Å². The van der Waals surface area contributed by atoms with Gasteiger partial charge in [-0.1, -0.05) is 12.1 Å². The summed E-state index contributed by atoms with van der Waals surface area (Å²) in [5.74, 6) is -1.81. The third-order valence-electron chi connectivity index (χ3n) is 3.04. The van der Waals surface area contributed by atoms with E-state index in [9.17, 15) is 19.2 Å². The lowest BCUT2D eigenvalue weighted by molar-refractivity contribution is -0.147. The van der Waals surface area contributed by atoms with Crippen molar-refractivity contribution in [2.45, 2.75) is 0 Å². The van der Waals surface area contributed by atoms with Crippen molar-refractivity contribution in [3.63, 3.8) is 0 Å². The molecule has 0 aliphatic rings. The number of nitrogens with one attached hydrogen (secondary N) is 2. The topological polar surface area (TPSA) is 114 Å².